The fourth-order valence-corrected chi connectivity index (χ4v) is 10.3. The minimum Gasteiger partial charge on any atom is -0.477 e. The fourth-order valence-electron chi connectivity index (χ4n) is 10.3. The summed E-state index contributed by atoms with van der Waals surface area (Å²) in [5.74, 6) is -1.97. The summed E-state index contributed by atoms with van der Waals surface area (Å²) in [7, 11) is 5.99. The Balaban J connectivity index is 4.03. The molecule has 0 radical (unpaired) electrons. The van der Waals surface area contributed by atoms with Gasteiger partial charge in [0.05, 0.1) is 34.4 Å². The van der Waals surface area contributed by atoms with E-state index in [0.717, 1.165) is 38.5 Å². The van der Waals surface area contributed by atoms with Crippen molar-refractivity contribution in [2.24, 2.45) is 0 Å². The number of carbonyl (C=O) groups excluding carboxylic acids is 2. The summed E-state index contributed by atoms with van der Waals surface area (Å²) in [4.78, 5) is 37.5. The van der Waals surface area contributed by atoms with Gasteiger partial charge in [-0.15, -0.1) is 0 Å². The lowest BCUT2D eigenvalue weighted by Crippen LogP contribution is -2.40. The topological polar surface area (TPSA) is 108 Å². The van der Waals surface area contributed by atoms with Crippen molar-refractivity contribution in [1.29, 1.82) is 0 Å². The number of allylic oxidation sites excluding steroid dienone is 2. The Kier molecular flexibility index (Phi) is 58.6. The minimum absolute atomic E-state index is 0.173. The third-order valence-corrected chi connectivity index (χ3v) is 15.5. The van der Waals surface area contributed by atoms with Crippen molar-refractivity contribution in [2.45, 2.75) is 360 Å². The molecule has 0 saturated carbocycles. The molecule has 0 aliphatic carbocycles. The van der Waals surface area contributed by atoms with E-state index in [1.165, 1.54) is 283 Å². The number of quaternary nitrogens is 1. The molecule has 9 heteroatoms. The highest BCUT2D eigenvalue weighted by molar-refractivity contribution is 5.71. The van der Waals surface area contributed by atoms with E-state index in [1.807, 2.05) is 21.1 Å². The largest absolute Gasteiger partial charge is 0.477 e. The number of carbonyl (C=O) groups is 3. The molecule has 2 unspecified atom stereocenters. The van der Waals surface area contributed by atoms with Crippen molar-refractivity contribution in [3.05, 3.63) is 12.2 Å². The summed E-state index contributed by atoms with van der Waals surface area (Å²) in [5, 5.41) is 9.73. The van der Waals surface area contributed by atoms with Gasteiger partial charge < -0.3 is 28.5 Å². The molecule has 0 spiro atoms. The van der Waals surface area contributed by atoms with Crippen LogP contribution in [-0.2, 0) is 33.3 Å². The Bertz CT molecular complexity index is 1270. The van der Waals surface area contributed by atoms with Gasteiger partial charge >= 0.3 is 17.9 Å². The predicted octanol–water partition coefficient (Wildman–Crippen LogP) is 20.5. The third kappa shape index (κ3) is 61.5. The molecule has 0 heterocycles. The summed E-state index contributed by atoms with van der Waals surface area (Å²) < 4.78 is 23.0. The van der Waals surface area contributed by atoms with Crippen molar-refractivity contribution in [1.82, 2.24) is 0 Å². The molecule has 0 bridgehead atoms. The predicted molar refractivity (Wildman–Crippen MR) is 328 cm³/mol. The molecule has 0 rings (SSSR count). The molecule has 0 aromatic heterocycles. The highest BCUT2D eigenvalue weighted by atomic mass is 16.7. The van der Waals surface area contributed by atoms with Crippen LogP contribution in [0.5, 0.6) is 0 Å². The molecular weight excluding hydrogens is 959 g/mol. The van der Waals surface area contributed by atoms with Gasteiger partial charge in [-0.05, 0) is 38.5 Å². The average molecular weight is 1090 g/mol. The smallest absolute Gasteiger partial charge is 0.361 e. The monoisotopic (exact) mass is 1090 g/mol. The lowest BCUT2D eigenvalue weighted by atomic mass is 10.0. The van der Waals surface area contributed by atoms with Crippen molar-refractivity contribution >= 4 is 17.9 Å². The second-order valence-corrected chi connectivity index (χ2v) is 24.5. The molecule has 456 valence electrons. The van der Waals surface area contributed by atoms with E-state index in [1.54, 1.807) is 0 Å². The van der Waals surface area contributed by atoms with Gasteiger partial charge in [0, 0.05) is 12.8 Å². The normalized spacial score (nSPS) is 12.7. The van der Waals surface area contributed by atoms with Gasteiger partial charge in [0.1, 0.15) is 13.2 Å². The second kappa shape index (κ2) is 60.1. The summed E-state index contributed by atoms with van der Waals surface area (Å²) in [6, 6.07) is 0. The Labute approximate surface area is 478 Å². The molecule has 0 aromatic carbocycles. The lowest BCUT2D eigenvalue weighted by molar-refractivity contribution is -0.870. The van der Waals surface area contributed by atoms with Gasteiger partial charge in [0.15, 0.2) is 6.10 Å². The molecule has 77 heavy (non-hydrogen) atoms. The molecule has 0 amide bonds. The number of rotatable bonds is 64. The molecule has 9 nitrogen and oxygen atoms in total. The number of nitrogens with zero attached hydrogens (tertiary/aromatic N) is 1. The zero-order valence-electron chi connectivity index (χ0n) is 52.2. The Morgan fingerprint density at radius 1 is 0.377 bits per heavy atom. The Hall–Kier alpha value is -1.97. The Morgan fingerprint density at radius 3 is 0.961 bits per heavy atom. The number of hydrogen-bond donors (Lipinski definition) is 1. The first kappa shape index (κ1) is 75.0. The zero-order chi connectivity index (χ0) is 56.2. The third-order valence-electron chi connectivity index (χ3n) is 15.5. The van der Waals surface area contributed by atoms with Crippen molar-refractivity contribution in [2.75, 3.05) is 47.5 Å². The second-order valence-electron chi connectivity index (χ2n) is 24.5. The summed E-state index contributed by atoms with van der Waals surface area (Å²) in [6.07, 6.45) is 69.0. The van der Waals surface area contributed by atoms with Crippen LogP contribution in [0.25, 0.3) is 0 Å². The minimum atomic E-state index is -1.50. The standard InChI is InChI=1S/C68H131NO8/c1-6-8-10-12-14-16-18-20-22-24-26-27-28-29-30-31-32-33-34-35-36-37-38-39-41-43-45-47-49-51-53-55-57-59-66(71)77-64(63-76-68(67(72)73)74-61-60-69(3,4)5)62-75-65(70)58-56-54-52-50-48-46-44-42-40-25-23-21-19-17-15-13-11-9-7-2/h24,26,64,68H,6-23,25,27-63H2,1-5H3/p+1/b26-24-. The zero-order valence-corrected chi connectivity index (χ0v) is 52.2. The molecule has 0 aromatic rings. The number of esters is 2. The van der Waals surface area contributed by atoms with Crippen LogP contribution < -0.4 is 0 Å². The van der Waals surface area contributed by atoms with E-state index < -0.39 is 18.4 Å². The summed E-state index contributed by atoms with van der Waals surface area (Å²) >= 11 is 0. The van der Waals surface area contributed by atoms with Gasteiger partial charge in [-0.25, -0.2) is 4.79 Å². The molecule has 0 saturated heterocycles. The average Bonchev–Trinajstić information content (AvgIpc) is 3.40. The summed E-state index contributed by atoms with van der Waals surface area (Å²) in [6.45, 7) is 4.95. The highest BCUT2D eigenvalue weighted by Crippen LogP contribution is 2.19. The molecule has 0 aliphatic heterocycles. The van der Waals surface area contributed by atoms with Crippen LogP contribution in [0.2, 0.25) is 0 Å². The highest BCUT2D eigenvalue weighted by Gasteiger charge is 2.25. The van der Waals surface area contributed by atoms with Crippen LogP contribution in [0.1, 0.15) is 348 Å². The number of unbranched alkanes of at least 4 members (excludes halogenated alkanes) is 47. The van der Waals surface area contributed by atoms with Crippen LogP contribution in [0, 0.1) is 0 Å². The van der Waals surface area contributed by atoms with Gasteiger partial charge in [-0.3, -0.25) is 9.59 Å². The molecular formula is C68H132NO8+. The van der Waals surface area contributed by atoms with Crippen LogP contribution in [-0.4, -0.2) is 87.4 Å². The summed E-state index contributed by atoms with van der Waals surface area (Å²) in [5.41, 5.74) is 0. The number of likely N-dealkylation sites (N-methyl/N-ethyl adjacent to an activating group) is 1. The number of hydrogen-bond acceptors (Lipinski definition) is 7. The van der Waals surface area contributed by atoms with Gasteiger partial charge in [-0.1, -0.05) is 309 Å². The molecule has 0 fully saturated rings. The van der Waals surface area contributed by atoms with Gasteiger partial charge in [0.2, 0.25) is 0 Å². The maximum atomic E-state index is 12.9. The van der Waals surface area contributed by atoms with Crippen LogP contribution in [0.15, 0.2) is 12.2 Å². The van der Waals surface area contributed by atoms with Gasteiger partial charge in [-0.2, -0.15) is 0 Å². The lowest BCUT2D eigenvalue weighted by Gasteiger charge is -2.25. The van der Waals surface area contributed by atoms with E-state index in [4.69, 9.17) is 18.9 Å². The van der Waals surface area contributed by atoms with Crippen LogP contribution >= 0.6 is 0 Å². The quantitative estimate of drug-likeness (QED) is 0.0211. The number of aliphatic carboxylic acids is 1. The van der Waals surface area contributed by atoms with Crippen molar-refractivity contribution in [3.8, 4) is 0 Å². The number of carboxylic acids is 1. The molecule has 1 N–H and O–H groups in total. The van der Waals surface area contributed by atoms with E-state index in [2.05, 4.69) is 26.0 Å². The van der Waals surface area contributed by atoms with E-state index in [9.17, 15) is 19.5 Å². The first-order chi connectivity index (χ1) is 37.6. The molecule has 2 atom stereocenters. The van der Waals surface area contributed by atoms with E-state index in [-0.39, 0.29) is 38.2 Å². The van der Waals surface area contributed by atoms with Gasteiger partial charge in [0.25, 0.3) is 6.29 Å². The van der Waals surface area contributed by atoms with Crippen LogP contribution in [0.3, 0.4) is 0 Å². The number of carboxylic acid groups (broad SMARTS) is 1. The van der Waals surface area contributed by atoms with Crippen molar-refractivity contribution in [3.63, 3.8) is 0 Å². The first-order valence-corrected chi connectivity index (χ1v) is 33.9. The fraction of sp³-hybridized carbons (Fsp3) is 0.926. The van der Waals surface area contributed by atoms with Crippen molar-refractivity contribution < 1.29 is 42.9 Å². The van der Waals surface area contributed by atoms with E-state index >= 15 is 0 Å². The molecule has 0 aliphatic rings. The van der Waals surface area contributed by atoms with Crippen LogP contribution in [0.4, 0.5) is 0 Å². The maximum Gasteiger partial charge on any atom is 0.361 e. The Morgan fingerprint density at radius 2 is 0.662 bits per heavy atom. The first-order valence-electron chi connectivity index (χ1n) is 33.9. The van der Waals surface area contributed by atoms with E-state index in [0.29, 0.717) is 17.4 Å². The maximum absolute atomic E-state index is 12.9. The number of ether oxygens (including phenoxy) is 4. The SMILES string of the molecule is CCCCCCCCCC/C=C\CCCCCCCCCCCCCCCCCCCCCCCC(=O)OC(COC(=O)CCCCCCCCCCCCCCCCCCCCC)COC(OCC[N+](C)(C)C)C(=O)O.